The van der Waals surface area contributed by atoms with E-state index in [-0.39, 0.29) is 40.5 Å². The van der Waals surface area contributed by atoms with Crippen molar-refractivity contribution < 1.29 is 19.1 Å². The number of aliphatic hydroxyl groups is 1. The van der Waals surface area contributed by atoms with E-state index in [1.165, 1.54) is 0 Å². The Morgan fingerprint density at radius 1 is 1.31 bits per heavy atom. The summed E-state index contributed by atoms with van der Waals surface area (Å²) in [5, 5.41) is 10.9. The van der Waals surface area contributed by atoms with Crippen molar-refractivity contribution >= 4 is 14.3 Å². The Morgan fingerprint density at radius 2 is 1.92 bits per heavy atom. The fraction of sp³-hybridized carbons (Fsp3) is 0.857. The molecule has 0 amide bonds. The topological polar surface area (TPSA) is 55.8 Å². The third-order valence-electron chi connectivity index (χ3n) is 7.86. The van der Waals surface area contributed by atoms with Crippen LogP contribution >= 0.6 is 0 Å². The van der Waals surface area contributed by atoms with E-state index in [1.807, 2.05) is 13.8 Å². The van der Waals surface area contributed by atoms with Crippen LogP contribution in [0.25, 0.3) is 0 Å². The summed E-state index contributed by atoms with van der Waals surface area (Å²) >= 11 is 0. The zero-order valence-electron chi connectivity index (χ0n) is 17.7. The van der Waals surface area contributed by atoms with Crippen molar-refractivity contribution in [3.8, 4) is 0 Å². The van der Waals surface area contributed by atoms with Gasteiger partial charge in [0.25, 0.3) is 0 Å². The molecule has 1 N–H and O–H groups in total. The van der Waals surface area contributed by atoms with Crippen molar-refractivity contribution in [2.75, 3.05) is 0 Å². The molecule has 1 saturated heterocycles. The maximum atomic E-state index is 12.2. The Morgan fingerprint density at radius 3 is 2.50 bits per heavy atom. The lowest BCUT2D eigenvalue weighted by molar-refractivity contribution is -0.143. The molecular formula is C21H36O4Si. The molecule has 0 bridgehead atoms. The lowest BCUT2D eigenvalue weighted by Gasteiger charge is -2.54. The van der Waals surface area contributed by atoms with E-state index in [0.29, 0.717) is 6.42 Å². The normalized spacial score (nSPS) is 41.0. The average molecular weight is 381 g/mol. The predicted molar refractivity (Wildman–Crippen MR) is 105 cm³/mol. The molecule has 0 spiro atoms. The van der Waals surface area contributed by atoms with E-state index >= 15 is 0 Å². The van der Waals surface area contributed by atoms with Gasteiger partial charge in [0.15, 0.2) is 8.32 Å². The summed E-state index contributed by atoms with van der Waals surface area (Å²) in [5.41, 5.74) is 1.98. The van der Waals surface area contributed by atoms with Gasteiger partial charge in [-0.1, -0.05) is 34.6 Å². The first-order chi connectivity index (χ1) is 11.8. The number of carbonyl (C=O) groups is 1. The molecule has 0 unspecified atom stereocenters. The first kappa shape index (κ1) is 20.1. The molecule has 0 aromatic carbocycles. The number of ether oxygens (including phenoxy) is 1. The highest BCUT2D eigenvalue weighted by Gasteiger charge is 2.58. The Hall–Kier alpha value is -0.653. The minimum absolute atomic E-state index is 0.0207. The van der Waals surface area contributed by atoms with Crippen LogP contribution in [0.2, 0.25) is 18.1 Å². The number of hydrogen-bond donors (Lipinski definition) is 1. The van der Waals surface area contributed by atoms with Crippen molar-refractivity contribution in [1.82, 2.24) is 0 Å². The highest BCUT2D eigenvalue weighted by atomic mass is 28.4. The highest BCUT2D eigenvalue weighted by molar-refractivity contribution is 6.74. The molecule has 148 valence electrons. The van der Waals surface area contributed by atoms with Gasteiger partial charge in [-0.15, -0.1) is 0 Å². The highest BCUT2D eigenvalue weighted by Crippen LogP contribution is 2.57. The number of carbonyl (C=O) groups excluding carboxylic acids is 1. The number of esters is 1. The second-order valence-corrected chi connectivity index (χ2v) is 15.2. The summed E-state index contributed by atoms with van der Waals surface area (Å²) in [5.74, 6) is 0.0921. The van der Waals surface area contributed by atoms with E-state index in [9.17, 15) is 9.90 Å². The predicted octanol–water partition coefficient (Wildman–Crippen LogP) is 4.44. The fourth-order valence-corrected chi connectivity index (χ4v) is 6.32. The van der Waals surface area contributed by atoms with Gasteiger partial charge in [0, 0.05) is 17.8 Å². The zero-order chi connectivity index (χ0) is 19.7. The number of aliphatic hydroxyl groups excluding tert-OH is 1. The van der Waals surface area contributed by atoms with Crippen LogP contribution in [-0.4, -0.2) is 37.7 Å². The molecular weight excluding hydrogens is 344 g/mol. The van der Waals surface area contributed by atoms with Gasteiger partial charge in [0.05, 0.1) is 18.1 Å². The minimum Gasteiger partial charge on any atom is -0.457 e. The van der Waals surface area contributed by atoms with Gasteiger partial charge in [-0.05, 0) is 49.0 Å². The first-order valence-corrected chi connectivity index (χ1v) is 13.0. The van der Waals surface area contributed by atoms with Crippen LogP contribution in [0.1, 0.15) is 60.8 Å². The van der Waals surface area contributed by atoms with E-state index < -0.39 is 14.4 Å². The Balaban J connectivity index is 2.00. The Labute approximate surface area is 159 Å². The summed E-state index contributed by atoms with van der Waals surface area (Å²) < 4.78 is 12.7. The van der Waals surface area contributed by atoms with Gasteiger partial charge in [0.2, 0.25) is 0 Å². The SMILES string of the molecule is CC1=C2[C@H]3OC(=O)[C@@H](C)[C@@H]3CC[C@@]2(C)[C@H](O[Si](C)(C)C(C)(C)C)C[C@@H]1O. The second-order valence-electron chi connectivity index (χ2n) is 10.5. The summed E-state index contributed by atoms with van der Waals surface area (Å²) in [4.78, 5) is 12.2. The standard InChI is InChI=1S/C21H36O4Si/c1-12-14-9-10-21(6)16(25-26(7,8)20(3,4)5)11-15(22)13(2)17(21)18(14)24-19(12)23/h12,14-16,18,22H,9-11H2,1-8H3/t12-,14-,15-,16+,18-,21-/m0/s1. The maximum Gasteiger partial charge on any atom is 0.309 e. The lowest BCUT2D eigenvalue weighted by Crippen LogP contribution is -2.55. The molecule has 6 atom stereocenters. The summed E-state index contributed by atoms with van der Waals surface area (Å²) in [7, 11) is -1.97. The molecule has 2 aliphatic carbocycles. The van der Waals surface area contributed by atoms with E-state index in [2.05, 4.69) is 40.8 Å². The average Bonchev–Trinajstić information content (AvgIpc) is 2.78. The van der Waals surface area contributed by atoms with Crippen LogP contribution in [-0.2, 0) is 14.0 Å². The van der Waals surface area contributed by atoms with Crippen molar-refractivity contribution in [1.29, 1.82) is 0 Å². The van der Waals surface area contributed by atoms with Gasteiger partial charge in [0.1, 0.15) is 6.10 Å². The van der Waals surface area contributed by atoms with Crippen LogP contribution in [0.15, 0.2) is 11.1 Å². The third kappa shape index (κ3) is 2.91. The van der Waals surface area contributed by atoms with Crippen molar-refractivity contribution in [3.05, 3.63) is 11.1 Å². The quantitative estimate of drug-likeness (QED) is 0.437. The van der Waals surface area contributed by atoms with E-state index in [0.717, 1.165) is 24.0 Å². The molecule has 1 heterocycles. The summed E-state index contributed by atoms with van der Waals surface area (Å²) in [6.07, 6.45) is 1.90. The van der Waals surface area contributed by atoms with Crippen molar-refractivity contribution in [3.63, 3.8) is 0 Å². The molecule has 0 radical (unpaired) electrons. The molecule has 1 aliphatic heterocycles. The van der Waals surface area contributed by atoms with E-state index in [1.54, 1.807) is 0 Å². The van der Waals surface area contributed by atoms with Gasteiger partial charge in [-0.25, -0.2) is 0 Å². The largest absolute Gasteiger partial charge is 0.457 e. The molecule has 26 heavy (non-hydrogen) atoms. The molecule has 2 fully saturated rings. The molecule has 4 nitrogen and oxygen atoms in total. The maximum absolute atomic E-state index is 12.2. The Bertz CT molecular complexity index is 632. The summed E-state index contributed by atoms with van der Waals surface area (Å²) in [6, 6.07) is 0. The molecule has 5 heteroatoms. The fourth-order valence-electron chi connectivity index (χ4n) is 4.90. The molecule has 0 aromatic heterocycles. The Kier molecular flexibility index (Phi) is 4.77. The van der Waals surface area contributed by atoms with Gasteiger partial charge in [-0.2, -0.15) is 0 Å². The van der Waals surface area contributed by atoms with Crippen LogP contribution in [0, 0.1) is 17.3 Å². The van der Waals surface area contributed by atoms with Gasteiger partial charge < -0.3 is 14.3 Å². The molecule has 0 aromatic rings. The van der Waals surface area contributed by atoms with E-state index in [4.69, 9.17) is 9.16 Å². The van der Waals surface area contributed by atoms with Crippen molar-refractivity contribution in [2.45, 2.75) is 97.2 Å². The summed E-state index contributed by atoms with van der Waals surface area (Å²) in [6.45, 7) is 17.6. The number of rotatable bonds is 2. The molecule has 1 saturated carbocycles. The van der Waals surface area contributed by atoms with Crippen molar-refractivity contribution in [2.24, 2.45) is 17.3 Å². The van der Waals surface area contributed by atoms with Crippen LogP contribution in [0.3, 0.4) is 0 Å². The molecule has 3 aliphatic rings. The minimum atomic E-state index is -1.97. The monoisotopic (exact) mass is 380 g/mol. The lowest BCUT2D eigenvalue weighted by atomic mass is 9.58. The number of hydrogen-bond acceptors (Lipinski definition) is 4. The smallest absolute Gasteiger partial charge is 0.309 e. The first-order valence-electron chi connectivity index (χ1n) is 10.1. The third-order valence-corrected chi connectivity index (χ3v) is 12.3. The van der Waals surface area contributed by atoms with Crippen LogP contribution in [0.5, 0.6) is 0 Å². The zero-order valence-corrected chi connectivity index (χ0v) is 18.7. The second kappa shape index (κ2) is 6.18. The number of fused-ring (bicyclic) bond motifs is 3. The van der Waals surface area contributed by atoms with Crippen LogP contribution in [0.4, 0.5) is 0 Å². The van der Waals surface area contributed by atoms with Crippen LogP contribution < -0.4 is 0 Å². The van der Waals surface area contributed by atoms with Gasteiger partial charge >= 0.3 is 5.97 Å². The molecule has 3 rings (SSSR count). The van der Waals surface area contributed by atoms with Gasteiger partial charge in [-0.3, -0.25) is 4.79 Å².